The van der Waals surface area contributed by atoms with Crippen molar-refractivity contribution in [3.63, 3.8) is 0 Å². The van der Waals surface area contributed by atoms with Crippen LogP contribution in [0.1, 0.15) is 36.9 Å². The Kier molecular flexibility index (Phi) is 4.28. The summed E-state index contributed by atoms with van der Waals surface area (Å²) in [4.78, 5) is 27.0. The van der Waals surface area contributed by atoms with Gasteiger partial charge in [-0.25, -0.2) is 4.98 Å². The van der Waals surface area contributed by atoms with Crippen LogP contribution in [-0.4, -0.2) is 23.2 Å². The number of hydrogen-bond donors (Lipinski definition) is 1. The molecule has 0 fully saturated rings. The molecule has 2 rings (SSSR count). The predicted molar refractivity (Wildman–Crippen MR) is 70.9 cm³/mol. The summed E-state index contributed by atoms with van der Waals surface area (Å²) in [5, 5.41) is 2.53. The average molecular weight is 260 g/mol. The van der Waals surface area contributed by atoms with E-state index in [1.165, 1.54) is 0 Å². The van der Waals surface area contributed by atoms with Gasteiger partial charge in [0.1, 0.15) is 5.52 Å². The van der Waals surface area contributed by atoms with E-state index in [2.05, 4.69) is 10.3 Å². The highest BCUT2D eigenvalue weighted by atomic mass is 16.4. The number of nitrogens with one attached hydrogen (secondary N) is 1. The number of benzene rings is 1. The lowest BCUT2D eigenvalue weighted by Gasteiger charge is -2.11. The molecule has 0 aliphatic heterocycles. The number of fused-ring (bicyclic) bond motifs is 1. The largest absolute Gasteiger partial charge is 0.434 e. The van der Waals surface area contributed by atoms with Gasteiger partial charge in [0.25, 0.3) is 5.89 Å². The Hall–Kier alpha value is -2.17. The molecule has 5 heteroatoms. The quantitative estimate of drug-likeness (QED) is 0.612. The van der Waals surface area contributed by atoms with Gasteiger partial charge in [-0.3, -0.25) is 9.59 Å². The van der Waals surface area contributed by atoms with E-state index in [1.54, 1.807) is 12.1 Å². The van der Waals surface area contributed by atoms with Crippen molar-refractivity contribution in [1.82, 2.24) is 10.3 Å². The summed E-state index contributed by atoms with van der Waals surface area (Å²) in [7, 11) is 0. The molecule has 0 unspecified atom stereocenters. The molecule has 1 amide bonds. The number of rotatable bonds is 7. The number of amides is 1. The fourth-order valence-corrected chi connectivity index (χ4v) is 1.91. The Bertz CT molecular complexity index is 544. The van der Waals surface area contributed by atoms with Crippen LogP contribution in [0.4, 0.5) is 0 Å². The Morgan fingerprint density at radius 1 is 1.47 bits per heavy atom. The minimum absolute atomic E-state index is 0.0525. The normalized spacial score (nSPS) is 12.3. The first-order valence-corrected chi connectivity index (χ1v) is 6.35. The smallest absolute Gasteiger partial charge is 0.266 e. The number of aromatic nitrogens is 1. The van der Waals surface area contributed by atoms with Crippen molar-refractivity contribution in [2.75, 3.05) is 0 Å². The predicted octanol–water partition coefficient (Wildman–Crippen LogP) is 2.32. The molecule has 2 aromatic rings. The van der Waals surface area contributed by atoms with E-state index in [4.69, 9.17) is 4.42 Å². The molecule has 0 saturated carbocycles. The third-order valence-electron chi connectivity index (χ3n) is 2.94. The van der Waals surface area contributed by atoms with E-state index in [0.29, 0.717) is 23.9 Å². The van der Waals surface area contributed by atoms with Crippen molar-refractivity contribution in [2.45, 2.75) is 32.2 Å². The molecule has 0 radical (unpaired) electrons. The molecular formula is C14H16N2O3. The maximum Gasteiger partial charge on any atom is 0.266 e. The number of Topliss-reactive ketones (excluding diaryl/α,β-unsaturated/α-hetero) is 1. The molecule has 100 valence electrons. The minimum Gasteiger partial charge on any atom is -0.434 e. The second-order valence-corrected chi connectivity index (χ2v) is 4.33. The van der Waals surface area contributed by atoms with Gasteiger partial charge in [-0.2, -0.15) is 0 Å². The Morgan fingerprint density at radius 2 is 2.26 bits per heavy atom. The van der Waals surface area contributed by atoms with Crippen LogP contribution in [0.3, 0.4) is 0 Å². The van der Waals surface area contributed by atoms with Gasteiger partial charge in [0.15, 0.2) is 5.58 Å². The number of para-hydroxylation sites is 2. The number of unbranched alkanes of at least 4 members (excludes halogenated alkanes) is 1. The van der Waals surface area contributed by atoms with Crippen molar-refractivity contribution in [3.05, 3.63) is 30.2 Å². The highest BCUT2D eigenvalue weighted by Crippen LogP contribution is 2.17. The van der Waals surface area contributed by atoms with Crippen molar-refractivity contribution in [2.24, 2.45) is 0 Å². The van der Waals surface area contributed by atoms with Crippen LogP contribution in [0, 0.1) is 0 Å². The van der Waals surface area contributed by atoms with Gasteiger partial charge in [0, 0.05) is 0 Å². The lowest BCUT2D eigenvalue weighted by molar-refractivity contribution is -0.110. The number of carbonyl (C=O) groups excluding carboxylic acids is 2. The Morgan fingerprint density at radius 3 is 2.95 bits per heavy atom. The molecule has 19 heavy (non-hydrogen) atoms. The highest BCUT2D eigenvalue weighted by molar-refractivity contribution is 5.98. The summed E-state index contributed by atoms with van der Waals surface area (Å²) in [6.07, 6.45) is 2.95. The van der Waals surface area contributed by atoms with E-state index in [-0.39, 0.29) is 11.7 Å². The molecule has 1 aromatic heterocycles. The monoisotopic (exact) mass is 260 g/mol. The van der Waals surface area contributed by atoms with Crippen molar-refractivity contribution in [1.29, 1.82) is 0 Å². The fraction of sp³-hybridized carbons (Fsp3) is 0.357. The maximum absolute atomic E-state index is 12.2. The number of oxazole rings is 1. The van der Waals surface area contributed by atoms with E-state index in [1.807, 2.05) is 19.1 Å². The van der Waals surface area contributed by atoms with Gasteiger partial charge >= 0.3 is 0 Å². The molecular weight excluding hydrogens is 244 g/mol. The van der Waals surface area contributed by atoms with Crippen molar-refractivity contribution >= 4 is 23.3 Å². The zero-order chi connectivity index (χ0) is 13.7. The summed E-state index contributed by atoms with van der Waals surface area (Å²) in [5.74, 6) is -0.228. The van der Waals surface area contributed by atoms with Crippen molar-refractivity contribution in [3.8, 4) is 0 Å². The third-order valence-corrected chi connectivity index (χ3v) is 2.94. The fourth-order valence-electron chi connectivity index (χ4n) is 1.91. The van der Waals surface area contributed by atoms with Gasteiger partial charge in [-0.05, 0) is 18.6 Å². The number of ketones is 1. The van der Waals surface area contributed by atoms with Crippen LogP contribution in [0.2, 0.25) is 0 Å². The van der Waals surface area contributed by atoms with Gasteiger partial charge < -0.3 is 9.73 Å². The lowest BCUT2D eigenvalue weighted by Crippen LogP contribution is -2.36. The zero-order valence-corrected chi connectivity index (χ0v) is 10.8. The molecule has 0 spiro atoms. The molecule has 0 aliphatic carbocycles. The first-order valence-electron chi connectivity index (χ1n) is 6.35. The van der Waals surface area contributed by atoms with Gasteiger partial charge in [0.2, 0.25) is 12.2 Å². The second kappa shape index (κ2) is 6.13. The number of nitrogens with zero attached hydrogens (tertiary/aromatic N) is 1. The highest BCUT2D eigenvalue weighted by Gasteiger charge is 2.23. The second-order valence-electron chi connectivity index (χ2n) is 4.33. The van der Waals surface area contributed by atoms with E-state index in [0.717, 1.165) is 12.8 Å². The van der Waals surface area contributed by atoms with Crippen LogP contribution >= 0.6 is 0 Å². The summed E-state index contributed by atoms with van der Waals surface area (Å²) < 4.78 is 5.42. The molecule has 5 nitrogen and oxygen atoms in total. The topological polar surface area (TPSA) is 72.2 Å². The molecule has 1 atom stereocenters. The minimum atomic E-state index is -0.564. The van der Waals surface area contributed by atoms with E-state index >= 15 is 0 Å². The molecule has 1 heterocycles. The summed E-state index contributed by atoms with van der Waals surface area (Å²) in [6, 6.07) is 6.62. The SMILES string of the molecule is CCCC[C@H](NC=O)C(=O)c1nc2ccccc2o1. The first kappa shape index (κ1) is 13.3. The first-order chi connectivity index (χ1) is 9.26. The Balaban J connectivity index is 2.22. The summed E-state index contributed by atoms with van der Waals surface area (Å²) in [5.41, 5.74) is 1.22. The molecule has 1 N–H and O–H groups in total. The van der Waals surface area contributed by atoms with E-state index in [9.17, 15) is 9.59 Å². The van der Waals surface area contributed by atoms with Crippen LogP contribution in [0.15, 0.2) is 28.7 Å². The molecule has 1 aromatic carbocycles. The lowest BCUT2D eigenvalue weighted by atomic mass is 10.1. The van der Waals surface area contributed by atoms with Gasteiger partial charge in [-0.15, -0.1) is 0 Å². The third kappa shape index (κ3) is 2.99. The Labute approximate surface area is 111 Å². The standard InChI is InChI=1S/C14H16N2O3/c1-2-3-6-11(15-9-17)13(18)14-16-10-7-4-5-8-12(10)19-14/h4-5,7-9,11H,2-3,6H2,1H3,(H,15,17)/t11-/m0/s1. The van der Waals surface area contributed by atoms with Crippen LogP contribution in [-0.2, 0) is 4.79 Å². The summed E-state index contributed by atoms with van der Waals surface area (Å²) >= 11 is 0. The summed E-state index contributed by atoms with van der Waals surface area (Å²) in [6.45, 7) is 2.03. The van der Waals surface area contributed by atoms with Gasteiger partial charge in [-0.1, -0.05) is 31.9 Å². The van der Waals surface area contributed by atoms with Crippen LogP contribution in [0.5, 0.6) is 0 Å². The van der Waals surface area contributed by atoms with Gasteiger partial charge in [0.05, 0.1) is 6.04 Å². The van der Waals surface area contributed by atoms with E-state index < -0.39 is 6.04 Å². The molecule has 0 bridgehead atoms. The van der Waals surface area contributed by atoms with Crippen LogP contribution in [0.25, 0.3) is 11.1 Å². The number of carbonyl (C=O) groups is 2. The maximum atomic E-state index is 12.2. The van der Waals surface area contributed by atoms with Crippen molar-refractivity contribution < 1.29 is 14.0 Å². The van der Waals surface area contributed by atoms with Crippen LogP contribution < -0.4 is 5.32 Å². The zero-order valence-electron chi connectivity index (χ0n) is 10.8. The average Bonchev–Trinajstić information content (AvgIpc) is 2.86. The number of hydrogen-bond acceptors (Lipinski definition) is 4. The molecule has 0 aliphatic rings. The molecule has 0 saturated heterocycles.